The molecule has 3 rings (SSSR count). The van der Waals surface area contributed by atoms with Crippen molar-refractivity contribution >= 4 is 27.4 Å². The fourth-order valence-corrected chi connectivity index (χ4v) is 3.84. The molecule has 2 aromatic carbocycles. The molecule has 6 nitrogen and oxygen atoms in total. The molecular weight excluding hydrogens is 395 g/mol. The molecule has 2 aromatic rings. The lowest BCUT2D eigenvalue weighted by atomic mass is 10.2. The number of nitrogens with zero attached hydrogens (tertiary/aromatic N) is 1. The molecule has 150 valence electrons. The van der Waals surface area contributed by atoms with Gasteiger partial charge in [0.25, 0.3) is 10.0 Å². The fourth-order valence-electron chi connectivity index (χ4n) is 2.78. The van der Waals surface area contributed by atoms with Crippen LogP contribution in [-0.2, 0) is 16.2 Å². The molecule has 0 aliphatic carbocycles. The first-order valence-corrected chi connectivity index (χ1v) is 9.99. The highest BCUT2D eigenvalue weighted by Crippen LogP contribution is 2.30. The maximum atomic E-state index is 12.6. The summed E-state index contributed by atoms with van der Waals surface area (Å²) < 4.78 is 64.8. The predicted octanol–water partition coefficient (Wildman–Crippen LogP) is 4.13. The number of nitrogens with one attached hydrogen (secondary N) is 2. The summed E-state index contributed by atoms with van der Waals surface area (Å²) in [7, 11) is -3.98. The van der Waals surface area contributed by atoms with Crippen LogP contribution in [0.25, 0.3) is 0 Å². The minimum atomic E-state index is -4.49. The van der Waals surface area contributed by atoms with E-state index in [-0.39, 0.29) is 16.6 Å². The average molecular weight is 413 g/mol. The maximum absolute atomic E-state index is 12.6. The van der Waals surface area contributed by atoms with Crippen molar-refractivity contribution in [2.24, 2.45) is 0 Å². The summed E-state index contributed by atoms with van der Waals surface area (Å²) >= 11 is 0. The highest BCUT2D eigenvalue weighted by Gasteiger charge is 2.30. The van der Waals surface area contributed by atoms with Crippen LogP contribution in [0, 0.1) is 0 Å². The van der Waals surface area contributed by atoms with Crippen LogP contribution in [0.1, 0.15) is 18.4 Å². The zero-order chi connectivity index (χ0) is 20.4. The Morgan fingerprint density at radius 2 is 1.43 bits per heavy atom. The van der Waals surface area contributed by atoms with Gasteiger partial charge in [-0.25, -0.2) is 13.2 Å². The predicted molar refractivity (Wildman–Crippen MR) is 98.5 cm³/mol. The monoisotopic (exact) mass is 413 g/mol. The first-order chi connectivity index (χ1) is 13.1. The molecule has 0 spiro atoms. The van der Waals surface area contributed by atoms with Crippen molar-refractivity contribution < 1.29 is 26.4 Å². The van der Waals surface area contributed by atoms with Gasteiger partial charge in [-0.3, -0.25) is 4.72 Å². The van der Waals surface area contributed by atoms with E-state index in [4.69, 9.17) is 0 Å². The van der Waals surface area contributed by atoms with Crippen LogP contribution >= 0.6 is 0 Å². The second-order valence-corrected chi connectivity index (χ2v) is 8.01. The number of hydrogen-bond acceptors (Lipinski definition) is 3. The van der Waals surface area contributed by atoms with E-state index >= 15 is 0 Å². The number of halogens is 3. The van der Waals surface area contributed by atoms with E-state index in [2.05, 4.69) is 10.0 Å². The summed E-state index contributed by atoms with van der Waals surface area (Å²) in [6, 6.07) is 8.98. The molecule has 0 bridgehead atoms. The molecule has 0 unspecified atom stereocenters. The third-order valence-corrected chi connectivity index (χ3v) is 5.67. The Kier molecular flexibility index (Phi) is 5.50. The number of alkyl halides is 3. The summed E-state index contributed by atoms with van der Waals surface area (Å²) in [6.07, 6.45) is -2.58. The van der Waals surface area contributed by atoms with Gasteiger partial charge in [0.1, 0.15) is 0 Å². The van der Waals surface area contributed by atoms with Crippen molar-refractivity contribution in [1.82, 2.24) is 4.90 Å². The molecule has 0 aromatic heterocycles. The van der Waals surface area contributed by atoms with Gasteiger partial charge >= 0.3 is 12.2 Å². The van der Waals surface area contributed by atoms with Crippen molar-refractivity contribution in [2.45, 2.75) is 23.9 Å². The zero-order valence-corrected chi connectivity index (χ0v) is 15.5. The molecule has 1 aliphatic heterocycles. The van der Waals surface area contributed by atoms with E-state index in [1.165, 1.54) is 24.3 Å². The lowest BCUT2D eigenvalue weighted by molar-refractivity contribution is -0.137. The Morgan fingerprint density at radius 1 is 0.893 bits per heavy atom. The van der Waals surface area contributed by atoms with Crippen molar-refractivity contribution in [2.75, 3.05) is 23.1 Å². The average Bonchev–Trinajstić information content (AvgIpc) is 3.16. The summed E-state index contributed by atoms with van der Waals surface area (Å²) in [4.78, 5) is 13.6. The molecule has 1 fully saturated rings. The van der Waals surface area contributed by atoms with Gasteiger partial charge in [0.05, 0.1) is 10.5 Å². The number of sulfonamides is 1. The number of rotatable bonds is 4. The number of hydrogen-bond donors (Lipinski definition) is 2. The quantitative estimate of drug-likeness (QED) is 0.791. The van der Waals surface area contributed by atoms with Gasteiger partial charge in [-0.15, -0.1) is 0 Å². The van der Waals surface area contributed by atoms with E-state index in [9.17, 15) is 26.4 Å². The summed E-state index contributed by atoms with van der Waals surface area (Å²) in [6.45, 7) is 1.38. The molecule has 1 heterocycles. The smallest absolute Gasteiger partial charge is 0.325 e. The Morgan fingerprint density at radius 3 is 1.96 bits per heavy atom. The molecule has 10 heteroatoms. The number of carbonyl (C=O) groups is 1. The van der Waals surface area contributed by atoms with Crippen LogP contribution in [-0.4, -0.2) is 32.4 Å². The van der Waals surface area contributed by atoms with Gasteiger partial charge in [-0.1, -0.05) is 0 Å². The zero-order valence-electron chi connectivity index (χ0n) is 14.7. The van der Waals surface area contributed by atoms with Crippen LogP contribution in [0.4, 0.5) is 29.3 Å². The molecule has 0 atom stereocenters. The summed E-state index contributed by atoms with van der Waals surface area (Å²) in [5.41, 5.74) is -0.404. The Balaban J connectivity index is 1.67. The van der Waals surface area contributed by atoms with Crippen LogP contribution in [0.15, 0.2) is 53.4 Å². The minimum Gasteiger partial charge on any atom is -0.325 e. The number of anilines is 2. The van der Waals surface area contributed by atoms with Crippen LogP contribution in [0.3, 0.4) is 0 Å². The first-order valence-electron chi connectivity index (χ1n) is 8.51. The van der Waals surface area contributed by atoms with Gasteiger partial charge in [0.15, 0.2) is 0 Å². The third-order valence-electron chi connectivity index (χ3n) is 4.27. The number of carbonyl (C=O) groups excluding carboxylic acids is 1. The second-order valence-electron chi connectivity index (χ2n) is 6.33. The van der Waals surface area contributed by atoms with E-state index in [0.29, 0.717) is 18.8 Å². The maximum Gasteiger partial charge on any atom is 0.416 e. The summed E-state index contributed by atoms with van der Waals surface area (Å²) in [5.74, 6) is 0. The molecule has 0 radical (unpaired) electrons. The van der Waals surface area contributed by atoms with Crippen molar-refractivity contribution in [3.05, 3.63) is 54.1 Å². The van der Waals surface area contributed by atoms with E-state index in [0.717, 1.165) is 37.1 Å². The lowest BCUT2D eigenvalue weighted by Gasteiger charge is -2.16. The molecule has 0 saturated carbocycles. The number of benzene rings is 2. The second kappa shape index (κ2) is 7.70. The van der Waals surface area contributed by atoms with Crippen molar-refractivity contribution in [3.63, 3.8) is 0 Å². The highest BCUT2D eigenvalue weighted by atomic mass is 32.2. The van der Waals surface area contributed by atoms with Gasteiger partial charge in [-0.2, -0.15) is 13.2 Å². The molecule has 28 heavy (non-hydrogen) atoms. The molecular formula is C18H18F3N3O3S. The van der Waals surface area contributed by atoms with Gasteiger partial charge in [0, 0.05) is 24.5 Å². The third kappa shape index (κ3) is 4.75. The number of urea groups is 1. The number of likely N-dealkylation sites (tertiary alicyclic amines) is 1. The largest absolute Gasteiger partial charge is 0.416 e. The van der Waals surface area contributed by atoms with Crippen molar-refractivity contribution in [1.29, 1.82) is 0 Å². The molecule has 1 aliphatic rings. The van der Waals surface area contributed by atoms with E-state index < -0.39 is 21.8 Å². The topological polar surface area (TPSA) is 78.5 Å². The van der Waals surface area contributed by atoms with Gasteiger partial charge in [-0.05, 0) is 61.4 Å². The Hall–Kier alpha value is -2.75. The summed E-state index contributed by atoms with van der Waals surface area (Å²) in [5, 5.41) is 2.70. The SMILES string of the molecule is O=C(Nc1ccc(S(=O)(=O)Nc2ccc(C(F)(F)F)cc2)cc1)N1CCCC1. The van der Waals surface area contributed by atoms with E-state index in [1.807, 2.05) is 0 Å². The Labute approximate surface area is 160 Å². The molecule has 2 amide bonds. The standard InChI is InChI=1S/C18H18F3N3O3S/c19-18(20,21)13-3-5-15(6-4-13)23-28(26,27)16-9-7-14(8-10-16)22-17(25)24-11-1-2-12-24/h3-10,23H,1-2,11-12H2,(H,22,25). The first kappa shape index (κ1) is 20.0. The van der Waals surface area contributed by atoms with Crippen LogP contribution < -0.4 is 10.0 Å². The van der Waals surface area contributed by atoms with Gasteiger partial charge in [0.2, 0.25) is 0 Å². The molecule has 1 saturated heterocycles. The highest BCUT2D eigenvalue weighted by molar-refractivity contribution is 7.92. The Bertz CT molecular complexity index is 937. The van der Waals surface area contributed by atoms with Crippen LogP contribution in [0.2, 0.25) is 0 Å². The molecule has 2 N–H and O–H groups in total. The van der Waals surface area contributed by atoms with Crippen LogP contribution in [0.5, 0.6) is 0 Å². The van der Waals surface area contributed by atoms with E-state index in [1.54, 1.807) is 4.90 Å². The van der Waals surface area contributed by atoms with Crippen molar-refractivity contribution in [3.8, 4) is 0 Å². The normalized spacial score (nSPS) is 14.8. The fraction of sp³-hybridized carbons (Fsp3) is 0.278. The minimum absolute atomic E-state index is 0.0133. The number of amides is 2. The lowest BCUT2D eigenvalue weighted by Crippen LogP contribution is -2.32. The van der Waals surface area contributed by atoms with Gasteiger partial charge < -0.3 is 10.2 Å².